The van der Waals surface area contributed by atoms with Crippen LogP contribution < -0.4 is 10.5 Å². The van der Waals surface area contributed by atoms with Crippen LogP contribution in [0.3, 0.4) is 0 Å². The molecule has 2 rings (SSSR count). The largest absolute Gasteiger partial charge is 0.399 e. The predicted molar refractivity (Wildman–Crippen MR) is 79.0 cm³/mol. The van der Waals surface area contributed by atoms with Gasteiger partial charge in [-0.05, 0) is 31.0 Å². The van der Waals surface area contributed by atoms with Crippen molar-refractivity contribution in [3.05, 3.63) is 23.2 Å². The zero-order valence-electron chi connectivity index (χ0n) is 11.1. The highest BCUT2D eigenvalue weighted by atomic mass is 35.5. The first-order valence-corrected chi connectivity index (χ1v) is 8.40. The molecule has 0 spiro atoms. The Kier molecular flexibility index (Phi) is 4.59. The van der Waals surface area contributed by atoms with E-state index < -0.39 is 10.0 Å². The molecule has 1 aromatic rings. The van der Waals surface area contributed by atoms with Crippen molar-refractivity contribution in [2.24, 2.45) is 5.41 Å². The van der Waals surface area contributed by atoms with Crippen molar-refractivity contribution in [2.75, 3.05) is 18.9 Å². The van der Waals surface area contributed by atoms with Crippen LogP contribution in [-0.4, -0.2) is 26.7 Å². The maximum absolute atomic E-state index is 12.3. The Bertz CT molecular complexity index is 583. The smallest absolute Gasteiger partial charge is 0.242 e. The maximum atomic E-state index is 12.3. The van der Waals surface area contributed by atoms with Gasteiger partial charge in [0.05, 0.1) is 5.02 Å². The summed E-state index contributed by atoms with van der Waals surface area (Å²) in [5.41, 5.74) is 5.63. The molecule has 0 bridgehead atoms. The van der Waals surface area contributed by atoms with Gasteiger partial charge in [0.2, 0.25) is 10.0 Å². The molecule has 0 atom stereocenters. The Morgan fingerprint density at radius 2 is 2.00 bits per heavy atom. The van der Waals surface area contributed by atoms with Gasteiger partial charge in [-0.15, -0.1) is 0 Å². The lowest BCUT2D eigenvalue weighted by Crippen LogP contribution is -2.38. The molecule has 0 saturated heterocycles. The number of hydrogen-bond donors (Lipinski definition) is 3. The van der Waals surface area contributed by atoms with Crippen molar-refractivity contribution in [3.8, 4) is 0 Å². The van der Waals surface area contributed by atoms with Crippen molar-refractivity contribution in [3.63, 3.8) is 0 Å². The van der Waals surface area contributed by atoms with Crippen LogP contribution in [0.25, 0.3) is 0 Å². The summed E-state index contributed by atoms with van der Waals surface area (Å²) in [7, 11) is -3.69. The molecule has 1 fully saturated rings. The van der Waals surface area contributed by atoms with E-state index in [2.05, 4.69) is 4.72 Å². The second kappa shape index (κ2) is 5.89. The molecule has 1 aliphatic carbocycles. The summed E-state index contributed by atoms with van der Waals surface area (Å²) >= 11 is 5.93. The van der Waals surface area contributed by atoms with Crippen LogP contribution in [0.4, 0.5) is 5.69 Å². The lowest BCUT2D eigenvalue weighted by Gasteiger charge is -2.26. The van der Waals surface area contributed by atoms with Crippen LogP contribution in [0.5, 0.6) is 0 Å². The zero-order chi connectivity index (χ0) is 14.8. The normalized spacial score (nSPS) is 18.3. The molecule has 5 nitrogen and oxygen atoms in total. The van der Waals surface area contributed by atoms with Gasteiger partial charge in [-0.2, -0.15) is 0 Å². The van der Waals surface area contributed by atoms with Gasteiger partial charge in [0, 0.05) is 24.3 Å². The van der Waals surface area contributed by atoms with Crippen molar-refractivity contribution in [2.45, 2.75) is 30.6 Å². The molecular formula is C13H19ClN2O3S. The number of anilines is 1. The number of nitrogens with two attached hydrogens (primary N) is 1. The van der Waals surface area contributed by atoms with Crippen LogP contribution >= 0.6 is 11.6 Å². The molecule has 7 heteroatoms. The van der Waals surface area contributed by atoms with Crippen LogP contribution in [0.1, 0.15) is 25.7 Å². The van der Waals surface area contributed by atoms with Gasteiger partial charge in [-0.1, -0.05) is 24.4 Å². The first kappa shape index (κ1) is 15.6. The number of nitrogen functional groups attached to an aromatic ring is 1. The summed E-state index contributed by atoms with van der Waals surface area (Å²) in [6.45, 7) is 0.220. The molecule has 4 N–H and O–H groups in total. The van der Waals surface area contributed by atoms with Gasteiger partial charge >= 0.3 is 0 Å². The summed E-state index contributed by atoms with van der Waals surface area (Å²) in [6.07, 6.45) is 3.71. The van der Waals surface area contributed by atoms with E-state index >= 15 is 0 Å². The molecule has 0 amide bonds. The van der Waals surface area contributed by atoms with Gasteiger partial charge < -0.3 is 10.8 Å². The van der Waals surface area contributed by atoms with Crippen LogP contribution in [-0.2, 0) is 10.0 Å². The standard InChI is InChI=1S/C13H19ClN2O3S/c14-11-7-10(15)3-4-12(11)20(18,19)16-8-13(9-17)5-1-2-6-13/h3-4,7,16-17H,1-2,5-6,8-9,15H2. The molecule has 112 valence electrons. The highest BCUT2D eigenvalue weighted by molar-refractivity contribution is 7.89. The SMILES string of the molecule is Nc1ccc(S(=O)(=O)NCC2(CO)CCCC2)c(Cl)c1. The summed E-state index contributed by atoms with van der Waals surface area (Å²) in [5.74, 6) is 0. The van der Waals surface area contributed by atoms with E-state index in [0.29, 0.717) is 5.69 Å². The molecule has 0 aliphatic heterocycles. The molecule has 0 aromatic heterocycles. The summed E-state index contributed by atoms with van der Waals surface area (Å²) in [4.78, 5) is 0.0134. The van der Waals surface area contributed by atoms with Crippen molar-refractivity contribution in [1.29, 1.82) is 0 Å². The van der Waals surface area contributed by atoms with Crippen LogP contribution in [0.2, 0.25) is 5.02 Å². The minimum absolute atomic E-state index is 0.00894. The quantitative estimate of drug-likeness (QED) is 0.721. The fraction of sp³-hybridized carbons (Fsp3) is 0.538. The van der Waals surface area contributed by atoms with E-state index in [9.17, 15) is 13.5 Å². The molecule has 0 heterocycles. The number of aliphatic hydroxyl groups is 1. The van der Waals surface area contributed by atoms with Gasteiger partial charge in [0.25, 0.3) is 0 Å². The van der Waals surface area contributed by atoms with Gasteiger partial charge in [-0.25, -0.2) is 13.1 Å². The Morgan fingerprint density at radius 1 is 1.35 bits per heavy atom. The van der Waals surface area contributed by atoms with Gasteiger partial charge in [-0.3, -0.25) is 0 Å². The van der Waals surface area contributed by atoms with E-state index in [1.165, 1.54) is 18.2 Å². The Labute approximate surface area is 124 Å². The van der Waals surface area contributed by atoms with Gasteiger partial charge in [0.15, 0.2) is 0 Å². The fourth-order valence-electron chi connectivity index (χ4n) is 2.58. The number of nitrogens with one attached hydrogen (secondary N) is 1. The Morgan fingerprint density at radius 3 is 2.55 bits per heavy atom. The average molecular weight is 319 g/mol. The maximum Gasteiger partial charge on any atom is 0.242 e. The van der Waals surface area contributed by atoms with Crippen molar-refractivity contribution in [1.82, 2.24) is 4.72 Å². The number of halogens is 1. The minimum atomic E-state index is -3.69. The number of benzene rings is 1. The highest BCUT2D eigenvalue weighted by Gasteiger charge is 2.34. The number of aliphatic hydroxyl groups excluding tert-OH is 1. The van der Waals surface area contributed by atoms with E-state index in [1.54, 1.807) is 0 Å². The van der Waals surface area contributed by atoms with Crippen LogP contribution in [0, 0.1) is 5.41 Å². The van der Waals surface area contributed by atoms with E-state index in [-0.39, 0.29) is 28.5 Å². The van der Waals surface area contributed by atoms with E-state index in [1.807, 2.05) is 0 Å². The minimum Gasteiger partial charge on any atom is -0.399 e. The highest BCUT2D eigenvalue weighted by Crippen LogP contribution is 2.37. The Hall–Kier alpha value is -0.820. The third-order valence-corrected chi connectivity index (χ3v) is 5.77. The topological polar surface area (TPSA) is 92.4 Å². The molecule has 1 aromatic carbocycles. The van der Waals surface area contributed by atoms with Gasteiger partial charge in [0.1, 0.15) is 4.90 Å². The number of rotatable bonds is 5. The molecular weight excluding hydrogens is 300 g/mol. The lowest BCUT2D eigenvalue weighted by atomic mass is 9.88. The first-order valence-electron chi connectivity index (χ1n) is 6.54. The summed E-state index contributed by atoms with van der Waals surface area (Å²) < 4.78 is 27.1. The third kappa shape index (κ3) is 3.25. The van der Waals surface area contributed by atoms with Crippen molar-refractivity contribution < 1.29 is 13.5 Å². The first-order chi connectivity index (χ1) is 9.38. The molecule has 1 saturated carbocycles. The fourth-order valence-corrected chi connectivity index (χ4v) is 4.28. The zero-order valence-corrected chi connectivity index (χ0v) is 12.7. The monoisotopic (exact) mass is 318 g/mol. The molecule has 1 aliphatic rings. The summed E-state index contributed by atoms with van der Waals surface area (Å²) in [5, 5.41) is 9.60. The predicted octanol–water partition coefficient (Wildman–Crippen LogP) is 1.75. The number of hydrogen-bond acceptors (Lipinski definition) is 4. The summed E-state index contributed by atoms with van der Waals surface area (Å²) in [6, 6.07) is 4.30. The average Bonchev–Trinajstić information content (AvgIpc) is 2.85. The van der Waals surface area contributed by atoms with Crippen molar-refractivity contribution >= 4 is 27.3 Å². The molecule has 20 heavy (non-hydrogen) atoms. The van der Waals surface area contributed by atoms with Crippen LogP contribution in [0.15, 0.2) is 23.1 Å². The third-order valence-electron chi connectivity index (χ3n) is 3.88. The Balaban J connectivity index is 2.15. The lowest BCUT2D eigenvalue weighted by molar-refractivity contribution is 0.134. The number of sulfonamides is 1. The van der Waals surface area contributed by atoms with E-state index in [4.69, 9.17) is 17.3 Å². The second-order valence-corrected chi connectivity index (χ2v) is 7.52. The molecule has 0 unspecified atom stereocenters. The second-order valence-electron chi connectivity index (χ2n) is 5.38. The molecule has 0 radical (unpaired) electrons. The van der Waals surface area contributed by atoms with E-state index in [0.717, 1.165) is 25.7 Å².